The summed E-state index contributed by atoms with van der Waals surface area (Å²) >= 11 is 6.04. The van der Waals surface area contributed by atoms with Crippen molar-refractivity contribution >= 4 is 17.5 Å². The van der Waals surface area contributed by atoms with Crippen molar-refractivity contribution in [3.63, 3.8) is 0 Å². The molecular formula is C22H23ClN4O. The maximum atomic E-state index is 12.2. The molecule has 2 heterocycles. The Morgan fingerprint density at radius 2 is 1.96 bits per heavy atom. The van der Waals surface area contributed by atoms with Crippen LogP contribution in [-0.2, 0) is 11.2 Å². The van der Waals surface area contributed by atoms with Crippen molar-refractivity contribution in [1.82, 2.24) is 20.4 Å². The van der Waals surface area contributed by atoms with E-state index in [4.69, 9.17) is 16.7 Å². The number of rotatable bonds is 6. The smallest absolute Gasteiger partial charge is 0.237 e. The summed E-state index contributed by atoms with van der Waals surface area (Å²) in [6.45, 7) is 1.50. The number of hydrogen-bond donors (Lipinski definition) is 2. The van der Waals surface area contributed by atoms with Gasteiger partial charge in [0.05, 0.1) is 17.4 Å². The minimum absolute atomic E-state index is 0.0530. The number of nitrogens with zero attached hydrogens (tertiary/aromatic N) is 2. The Hall–Kier alpha value is -2.63. The number of nitrogens with one attached hydrogen (secondary N) is 2. The van der Waals surface area contributed by atoms with Gasteiger partial charge in [-0.15, -0.1) is 0 Å². The Kier molecular flexibility index (Phi) is 5.74. The molecule has 1 aliphatic rings. The monoisotopic (exact) mass is 394 g/mol. The third-order valence-corrected chi connectivity index (χ3v) is 5.25. The number of halogens is 1. The standard InChI is InChI=1S/C22H23ClN4O/c23-18-10-8-16(9-11-18)21-17(12-14-25-22(28)20-7-4-13-24-20)15-27(26-21)19-5-2-1-3-6-19/h1-3,5-6,8-11,15,20,24H,4,7,12-14H2,(H,25,28). The SMILES string of the molecule is O=C(NCCc1cn(-c2ccccc2)nc1-c1ccc(Cl)cc1)C1CCCN1. The van der Waals surface area contributed by atoms with E-state index in [2.05, 4.69) is 10.6 Å². The van der Waals surface area contributed by atoms with Crippen LogP contribution >= 0.6 is 11.6 Å². The molecule has 0 saturated carbocycles. The Balaban J connectivity index is 1.54. The average Bonchev–Trinajstić information content (AvgIpc) is 3.40. The first-order chi connectivity index (χ1) is 13.7. The fraction of sp³-hybridized carbons (Fsp3) is 0.273. The lowest BCUT2D eigenvalue weighted by Crippen LogP contribution is -2.41. The molecule has 28 heavy (non-hydrogen) atoms. The third-order valence-electron chi connectivity index (χ3n) is 5.00. The minimum Gasteiger partial charge on any atom is -0.354 e. The fourth-order valence-corrected chi connectivity index (χ4v) is 3.63. The Bertz CT molecular complexity index is 931. The molecule has 3 aromatic rings. The summed E-state index contributed by atoms with van der Waals surface area (Å²) in [6.07, 6.45) is 4.72. The second-order valence-corrected chi connectivity index (χ2v) is 7.42. The van der Waals surface area contributed by atoms with Gasteiger partial charge in [-0.1, -0.05) is 41.9 Å². The van der Waals surface area contributed by atoms with E-state index < -0.39 is 0 Å². The zero-order chi connectivity index (χ0) is 19.3. The number of benzene rings is 2. The van der Waals surface area contributed by atoms with E-state index in [1.54, 1.807) is 0 Å². The van der Waals surface area contributed by atoms with E-state index in [0.717, 1.165) is 41.9 Å². The van der Waals surface area contributed by atoms with Crippen LogP contribution in [0, 0.1) is 0 Å². The molecule has 5 nitrogen and oxygen atoms in total. The normalized spacial score (nSPS) is 16.2. The van der Waals surface area contributed by atoms with Crippen molar-refractivity contribution in [2.75, 3.05) is 13.1 Å². The molecule has 2 N–H and O–H groups in total. The van der Waals surface area contributed by atoms with Gasteiger partial charge in [0.15, 0.2) is 0 Å². The quantitative estimate of drug-likeness (QED) is 0.671. The molecule has 2 aromatic carbocycles. The van der Waals surface area contributed by atoms with Crippen molar-refractivity contribution in [1.29, 1.82) is 0 Å². The maximum Gasteiger partial charge on any atom is 0.237 e. The minimum atomic E-state index is -0.0530. The first kappa shape index (κ1) is 18.7. The molecule has 1 fully saturated rings. The average molecular weight is 395 g/mol. The Morgan fingerprint density at radius 3 is 2.68 bits per heavy atom. The molecule has 1 saturated heterocycles. The molecule has 1 amide bonds. The second-order valence-electron chi connectivity index (χ2n) is 6.98. The molecule has 1 aliphatic heterocycles. The van der Waals surface area contributed by atoms with Crippen LogP contribution in [0.2, 0.25) is 5.02 Å². The van der Waals surface area contributed by atoms with Crippen LogP contribution in [0.1, 0.15) is 18.4 Å². The van der Waals surface area contributed by atoms with Gasteiger partial charge in [0.25, 0.3) is 0 Å². The molecule has 1 unspecified atom stereocenters. The van der Waals surface area contributed by atoms with Crippen LogP contribution in [0.4, 0.5) is 0 Å². The first-order valence-corrected chi connectivity index (χ1v) is 9.99. The number of hydrogen-bond acceptors (Lipinski definition) is 3. The van der Waals surface area contributed by atoms with Crippen LogP contribution in [0.3, 0.4) is 0 Å². The van der Waals surface area contributed by atoms with Crippen LogP contribution in [0.5, 0.6) is 0 Å². The van der Waals surface area contributed by atoms with Crippen molar-refractivity contribution in [2.24, 2.45) is 0 Å². The van der Waals surface area contributed by atoms with Gasteiger partial charge in [0.1, 0.15) is 0 Å². The molecule has 0 spiro atoms. The van der Waals surface area contributed by atoms with Gasteiger partial charge in [-0.05, 0) is 50.1 Å². The summed E-state index contributed by atoms with van der Waals surface area (Å²) in [5.74, 6) is 0.0843. The number of aromatic nitrogens is 2. The van der Waals surface area contributed by atoms with Crippen LogP contribution < -0.4 is 10.6 Å². The van der Waals surface area contributed by atoms with Gasteiger partial charge < -0.3 is 10.6 Å². The van der Waals surface area contributed by atoms with Gasteiger partial charge in [0, 0.05) is 28.9 Å². The highest BCUT2D eigenvalue weighted by Crippen LogP contribution is 2.25. The topological polar surface area (TPSA) is 59.0 Å². The van der Waals surface area contributed by atoms with E-state index in [1.165, 1.54) is 0 Å². The van der Waals surface area contributed by atoms with Crippen LogP contribution in [-0.4, -0.2) is 34.8 Å². The van der Waals surface area contributed by atoms with E-state index in [9.17, 15) is 4.79 Å². The lowest BCUT2D eigenvalue weighted by atomic mass is 10.1. The zero-order valence-corrected chi connectivity index (χ0v) is 16.3. The molecule has 6 heteroatoms. The molecule has 0 bridgehead atoms. The third kappa shape index (κ3) is 4.26. The van der Waals surface area contributed by atoms with Crippen molar-refractivity contribution in [3.8, 4) is 16.9 Å². The van der Waals surface area contributed by atoms with E-state index in [0.29, 0.717) is 18.0 Å². The highest BCUT2D eigenvalue weighted by Gasteiger charge is 2.21. The number of amides is 1. The predicted octanol–water partition coefficient (Wildman–Crippen LogP) is 3.60. The summed E-state index contributed by atoms with van der Waals surface area (Å²) in [7, 11) is 0. The Labute approximate surface area is 169 Å². The van der Waals surface area contributed by atoms with Gasteiger partial charge in [0.2, 0.25) is 5.91 Å². The lowest BCUT2D eigenvalue weighted by molar-refractivity contribution is -0.122. The van der Waals surface area contributed by atoms with Gasteiger partial charge in [-0.2, -0.15) is 5.10 Å². The van der Waals surface area contributed by atoms with E-state index in [-0.39, 0.29) is 11.9 Å². The summed E-state index contributed by atoms with van der Waals surface area (Å²) in [5.41, 5.74) is 4.01. The van der Waals surface area contributed by atoms with Crippen LogP contribution in [0.15, 0.2) is 60.8 Å². The predicted molar refractivity (Wildman–Crippen MR) is 112 cm³/mol. The largest absolute Gasteiger partial charge is 0.354 e. The maximum absolute atomic E-state index is 12.2. The highest BCUT2D eigenvalue weighted by atomic mass is 35.5. The van der Waals surface area contributed by atoms with Gasteiger partial charge >= 0.3 is 0 Å². The first-order valence-electron chi connectivity index (χ1n) is 9.62. The fourth-order valence-electron chi connectivity index (χ4n) is 3.51. The number of carbonyl (C=O) groups excluding carboxylic acids is 1. The zero-order valence-electron chi connectivity index (χ0n) is 15.6. The molecular weight excluding hydrogens is 372 g/mol. The van der Waals surface area contributed by atoms with E-state index in [1.807, 2.05) is 65.5 Å². The molecule has 1 atom stereocenters. The lowest BCUT2D eigenvalue weighted by Gasteiger charge is -2.11. The summed E-state index contributed by atoms with van der Waals surface area (Å²) < 4.78 is 1.89. The number of para-hydroxylation sites is 1. The second kappa shape index (κ2) is 8.59. The highest BCUT2D eigenvalue weighted by molar-refractivity contribution is 6.30. The van der Waals surface area contributed by atoms with Crippen LogP contribution in [0.25, 0.3) is 16.9 Å². The molecule has 1 aromatic heterocycles. The van der Waals surface area contributed by atoms with Gasteiger partial charge in [-0.25, -0.2) is 4.68 Å². The summed E-state index contributed by atoms with van der Waals surface area (Å²) in [5, 5.41) is 11.8. The Morgan fingerprint density at radius 1 is 1.18 bits per heavy atom. The summed E-state index contributed by atoms with van der Waals surface area (Å²) in [4.78, 5) is 12.2. The molecule has 0 aliphatic carbocycles. The van der Waals surface area contributed by atoms with E-state index >= 15 is 0 Å². The van der Waals surface area contributed by atoms with Crippen molar-refractivity contribution < 1.29 is 4.79 Å². The van der Waals surface area contributed by atoms with Crippen molar-refractivity contribution in [3.05, 3.63) is 71.4 Å². The van der Waals surface area contributed by atoms with Crippen molar-refractivity contribution in [2.45, 2.75) is 25.3 Å². The number of carbonyl (C=O) groups is 1. The summed E-state index contributed by atoms with van der Waals surface area (Å²) in [6, 6.07) is 17.7. The molecule has 144 valence electrons. The van der Waals surface area contributed by atoms with Gasteiger partial charge in [-0.3, -0.25) is 4.79 Å². The molecule has 0 radical (unpaired) electrons. The molecule has 4 rings (SSSR count).